The molecule has 0 bridgehead atoms. The molecule has 0 unspecified atom stereocenters. The molecule has 0 saturated heterocycles. The van der Waals surface area contributed by atoms with Crippen molar-refractivity contribution in [1.82, 2.24) is 10.3 Å². The summed E-state index contributed by atoms with van der Waals surface area (Å²) in [6.45, 7) is 5.34. The van der Waals surface area contributed by atoms with Crippen molar-refractivity contribution < 1.29 is 0 Å². The normalized spacial score (nSPS) is 11.0. The van der Waals surface area contributed by atoms with E-state index in [9.17, 15) is 0 Å². The van der Waals surface area contributed by atoms with Gasteiger partial charge in [-0.3, -0.25) is 4.98 Å². The third-order valence-corrected chi connectivity index (χ3v) is 3.17. The average molecular weight is 228 g/mol. The molecule has 0 radical (unpaired) electrons. The van der Waals surface area contributed by atoms with Crippen LogP contribution in [0.3, 0.4) is 0 Å². The highest BCUT2D eigenvalue weighted by molar-refractivity contribution is 5.82. The van der Waals surface area contributed by atoms with Crippen LogP contribution in [-0.2, 0) is 12.8 Å². The summed E-state index contributed by atoms with van der Waals surface area (Å²) in [5, 5.41) is 4.45. The van der Waals surface area contributed by atoms with Gasteiger partial charge in [0.05, 0.1) is 5.52 Å². The van der Waals surface area contributed by atoms with E-state index in [1.807, 2.05) is 7.05 Å². The first-order valence-electron chi connectivity index (χ1n) is 6.28. The van der Waals surface area contributed by atoms with Crippen LogP contribution in [0.15, 0.2) is 24.3 Å². The van der Waals surface area contributed by atoms with E-state index < -0.39 is 0 Å². The van der Waals surface area contributed by atoms with Gasteiger partial charge in [-0.25, -0.2) is 0 Å². The van der Waals surface area contributed by atoms with Crippen molar-refractivity contribution in [3.8, 4) is 0 Å². The van der Waals surface area contributed by atoms with Gasteiger partial charge in [0, 0.05) is 24.0 Å². The highest BCUT2D eigenvalue weighted by atomic mass is 14.8. The molecule has 0 saturated carbocycles. The van der Waals surface area contributed by atoms with Crippen molar-refractivity contribution in [3.05, 3.63) is 41.1 Å². The standard InChI is InChI=1S/C15H20N2/c1-4-12-5-6-15-14(10-12)11(2)9-13(17-15)7-8-16-3/h5-6,9-10,16H,4,7-8H2,1-3H3. The van der Waals surface area contributed by atoms with Gasteiger partial charge in [-0.05, 0) is 49.7 Å². The number of likely N-dealkylation sites (N-methyl/N-ethyl adjacent to an activating group) is 1. The zero-order chi connectivity index (χ0) is 12.3. The Morgan fingerprint density at radius 3 is 2.76 bits per heavy atom. The Morgan fingerprint density at radius 1 is 1.24 bits per heavy atom. The van der Waals surface area contributed by atoms with E-state index in [1.54, 1.807) is 0 Å². The molecule has 0 fully saturated rings. The summed E-state index contributed by atoms with van der Waals surface area (Å²) in [7, 11) is 1.97. The van der Waals surface area contributed by atoms with Crippen molar-refractivity contribution in [1.29, 1.82) is 0 Å². The average Bonchev–Trinajstić information content (AvgIpc) is 2.36. The Hall–Kier alpha value is -1.41. The van der Waals surface area contributed by atoms with Crippen LogP contribution < -0.4 is 5.32 Å². The van der Waals surface area contributed by atoms with Gasteiger partial charge in [-0.15, -0.1) is 0 Å². The lowest BCUT2D eigenvalue weighted by molar-refractivity contribution is 0.778. The molecule has 1 aromatic carbocycles. The molecular formula is C15H20N2. The van der Waals surface area contributed by atoms with Gasteiger partial charge in [-0.2, -0.15) is 0 Å². The molecule has 1 N–H and O–H groups in total. The van der Waals surface area contributed by atoms with Crippen molar-refractivity contribution in [2.24, 2.45) is 0 Å². The van der Waals surface area contributed by atoms with Gasteiger partial charge in [0.25, 0.3) is 0 Å². The fourth-order valence-corrected chi connectivity index (χ4v) is 2.11. The first-order valence-corrected chi connectivity index (χ1v) is 6.28. The topological polar surface area (TPSA) is 24.9 Å². The van der Waals surface area contributed by atoms with Crippen LogP contribution >= 0.6 is 0 Å². The predicted molar refractivity (Wildman–Crippen MR) is 73.5 cm³/mol. The number of hydrogen-bond donors (Lipinski definition) is 1. The highest BCUT2D eigenvalue weighted by Gasteiger charge is 2.03. The quantitative estimate of drug-likeness (QED) is 0.870. The van der Waals surface area contributed by atoms with Crippen LogP contribution in [0, 0.1) is 6.92 Å². The van der Waals surface area contributed by atoms with Crippen LogP contribution in [0.1, 0.15) is 23.7 Å². The summed E-state index contributed by atoms with van der Waals surface area (Å²) in [5.74, 6) is 0. The molecule has 0 amide bonds. The Morgan fingerprint density at radius 2 is 2.06 bits per heavy atom. The van der Waals surface area contributed by atoms with E-state index in [0.717, 1.165) is 24.9 Å². The predicted octanol–water partition coefficient (Wildman–Crippen LogP) is 2.87. The second kappa shape index (κ2) is 5.28. The van der Waals surface area contributed by atoms with Crippen LogP contribution in [0.4, 0.5) is 0 Å². The second-order valence-corrected chi connectivity index (χ2v) is 4.49. The van der Waals surface area contributed by atoms with Crippen molar-refractivity contribution >= 4 is 10.9 Å². The van der Waals surface area contributed by atoms with Crippen LogP contribution in [0.5, 0.6) is 0 Å². The minimum atomic E-state index is 0.977. The number of nitrogens with zero attached hydrogens (tertiary/aromatic N) is 1. The third kappa shape index (κ3) is 2.64. The lowest BCUT2D eigenvalue weighted by atomic mass is 10.0. The molecule has 17 heavy (non-hydrogen) atoms. The molecule has 2 nitrogen and oxygen atoms in total. The van der Waals surface area contributed by atoms with Crippen LogP contribution in [0.25, 0.3) is 10.9 Å². The first-order chi connectivity index (χ1) is 8.24. The van der Waals surface area contributed by atoms with Crippen molar-refractivity contribution in [2.75, 3.05) is 13.6 Å². The van der Waals surface area contributed by atoms with E-state index >= 15 is 0 Å². The van der Waals surface area contributed by atoms with Gasteiger partial charge in [0.2, 0.25) is 0 Å². The fourth-order valence-electron chi connectivity index (χ4n) is 2.11. The molecule has 2 rings (SSSR count). The number of nitrogens with one attached hydrogen (secondary N) is 1. The largest absolute Gasteiger partial charge is 0.319 e. The van der Waals surface area contributed by atoms with Crippen molar-refractivity contribution in [2.45, 2.75) is 26.7 Å². The van der Waals surface area contributed by atoms with Gasteiger partial charge >= 0.3 is 0 Å². The lowest BCUT2D eigenvalue weighted by Gasteiger charge is -2.07. The molecule has 2 heteroatoms. The minimum Gasteiger partial charge on any atom is -0.319 e. The van der Waals surface area contributed by atoms with E-state index in [4.69, 9.17) is 4.98 Å². The second-order valence-electron chi connectivity index (χ2n) is 4.49. The number of aryl methyl sites for hydroxylation is 2. The maximum Gasteiger partial charge on any atom is 0.0708 e. The minimum absolute atomic E-state index is 0.977. The molecular weight excluding hydrogens is 208 g/mol. The van der Waals surface area contributed by atoms with Gasteiger partial charge in [0.1, 0.15) is 0 Å². The zero-order valence-corrected chi connectivity index (χ0v) is 10.9. The Bertz CT molecular complexity index is 518. The molecule has 1 aromatic heterocycles. The molecule has 0 aliphatic carbocycles. The molecule has 2 aromatic rings. The summed E-state index contributed by atoms with van der Waals surface area (Å²) < 4.78 is 0. The molecule has 0 aliphatic heterocycles. The number of aromatic nitrogens is 1. The van der Waals surface area contributed by atoms with Gasteiger partial charge in [-0.1, -0.05) is 13.0 Å². The summed E-state index contributed by atoms with van der Waals surface area (Å²) in [4.78, 5) is 4.71. The van der Waals surface area contributed by atoms with E-state index in [2.05, 4.69) is 43.4 Å². The molecule has 1 heterocycles. The van der Waals surface area contributed by atoms with Gasteiger partial charge in [0.15, 0.2) is 0 Å². The summed E-state index contributed by atoms with van der Waals surface area (Å²) in [5.41, 5.74) is 5.00. The molecule has 0 atom stereocenters. The lowest BCUT2D eigenvalue weighted by Crippen LogP contribution is -2.11. The SMILES string of the molecule is CCc1ccc2nc(CCNC)cc(C)c2c1. The van der Waals surface area contributed by atoms with Crippen LogP contribution in [-0.4, -0.2) is 18.6 Å². The Balaban J connectivity index is 2.44. The third-order valence-electron chi connectivity index (χ3n) is 3.17. The van der Waals surface area contributed by atoms with Crippen molar-refractivity contribution in [3.63, 3.8) is 0 Å². The zero-order valence-electron chi connectivity index (χ0n) is 10.9. The van der Waals surface area contributed by atoms with Crippen LogP contribution in [0.2, 0.25) is 0 Å². The Labute approximate surface area is 103 Å². The van der Waals surface area contributed by atoms with E-state index in [-0.39, 0.29) is 0 Å². The monoisotopic (exact) mass is 228 g/mol. The molecule has 0 spiro atoms. The highest BCUT2D eigenvalue weighted by Crippen LogP contribution is 2.20. The summed E-state index contributed by atoms with van der Waals surface area (Å²) in [6.07, 6.45) is 2.07. The van der Waals surface area contributed by atoms with E-state index in [1.165, 1.54) is 22.2 Å². The maximum absolute atomic E-state index is 4.71. The summed E-state index contributed by atoms with van der Waals surface area (Å²) >= 11 is 0. The summed E-state index contributed by atoms with van der Waals surface area (Å²) in [6, 6.07) is 8.79. The number of benzene rings is 1. The number of fused-ring (bicyclic) bond motifs is 1. The molecule has 90 valence electrons. The first kappa shape index (κ1) is 12.1. The van der Waals surface area contributed by atoms with E-state index in [0.29, 0.717) is 0 Å². The number of rotatable bonds is 4. The molecule has 0 aliphatic rings. The number of hydrogen-bond acceptors (Lipinski definition) is 2. The maximum atomic E-state index is 4.71. The smallest absolute Gasteiger partial charge is 0.0708 e. The number of pyridine rings is 1. The Kier molecular flexibility index (Phi) is 3.75. The van der Waals surface area contributed by atoms with Gasteiger partial charge < -0.3 is 5.32 Å². The fraction of sp³-hybridized carbons (Fsp3) is 0.400.